The second kappa shape index (κ2) is 8.59. The molecule has 2 aromatic carbocycles. The van der Waals surface area contributed by atoms with Crippen molar-refractivity contribution in [2.24, 2.45) is 0 Å². The lowest BCUT2D eigenvalue weighted by Gasteiger charge is -2.39. The minimum Gasteiger partial charge on any atom is -0.508 e. The number of aliphatic hydroxyl groups is 4. The molecule has 0 saturated carbocycles. The van der Waals surface area contributed by atoms with Gasteiger partial charge in [-0.15, -0.1) is 0 Å². The number of phenols is 2. The van der Waals surface area contributed by atoms with Crippen LogP contribution in [-0.2, 0) is 4.74 Å². The van der Waals surface area contributed by atoms with Gasteiger partial charge in [-0.3, -0.25) is 0 Å². The molecule has 2 aromatic rings. The van der Waals surface area contributed by atoms with Gasteiger partial charge in [-0.2, -0.15) is 0 Å². The quantitative estimate of drug-likeness (QED) is 0.405. The Morgan fingerprint density at radius 1 is 0.821 bits per heavy atom. The molecule has 0 spiro atoms. The van der Waals surface area contributed by atoms with E-state index >= 15 is 0 Å². The lowest BCUT2D eigenvalue weighted by atomic mass is 9.99. The maximum atomic E-state index is 10.1. The number of benzene rings is 2. The molecule has 150 valence electrons. The normalized spacial score (nSPS) is 27.8. The van der Waals surface area contributed by atoms with Crippen LogP contribution >= 0.6 is 0 Å². The number of rotatable bonds is 5. The van der Waals surface area contributed by atoms with Crippen LogP contribution in [0.3, 0.4) is 0 Å². The summed E-state index contributed by atoms with van der Waals surface area (Å²) in [5.74, 6) is 0.229. The van der Waals surface area contributed by atoms with Crippen LogP contribution in [-0.4, -0.2) is 68.0 Å². The predicted molar refractivity (Wildman–Crippen MR) is 99.5 cm³/mol. The molecule has 1 aliphatic heterocycles. The molecule has 1 saturated heterocycles. The third-order valence-electron chi connectivity index (χ3n) is 4.38. The number of hydrogen-bond acceptors (Lipinski definition) is 8. The van der Waals surface area contributed by atoms with Crippen molar-refractivity contribution in [3.8, 4) is 17.2 Å². The van der Waals surface area contributed by atoms with Crippen molar-refractivity contribution in [1.29, 1.82) is 0 Å². The molecule has 0 aliphatic carbocycles. The smallest absolute Gasteiger partial charge is 0.229 e. The van der Waals surface area contributed by atoms with Gasteiger partial charge in [0, 0.05) is 6.07 Å². The second-order valence-corrected chi connectivity index (χ2v) is 6.50. The van der Waals surface area contributed by atoms with Crippen LogP contribution in [0.25, 0.3) is 12.2 Å². The first-order valence-electron chi connectivity index (χ1n) is 8.65. The zero-order valence-electron chi connectivity index (χ0n) is 14.8. The summed E-state index contributed by atoms with van der Waals surface area (Å²) >= 11 is 0. The molecular weight excluding hydrogens is 368 g/mol. The summed E-state index contributed by atoms with van der Waals surface area (Å²) in [4.78, 5) is 0. The SMILES string of the molecule is OC[C@H]1O[C@@H](Oc2cc(O)cc(/C=C/c3ccc(O)cc3)c2)[C@H](O)[C@H](O)[C@@H]1O. The van der Waals surface area contributed by atoms with E-state index in [1.54, 1.807) is 42.5 Å². The first kappa shape index (κ1) is 20.1. The lowest BCUT2D eigenvalue weighted by Crippen LogP contribution is -2.60. The Balaban J connectivity index is 1.76. The first-order valence-corrected chi connectivity index (χ1v) is 8.65. The summed E-state index contributed by atoms with van der Waals surface area (Å²) in [6.07, 6.45) is -3.52. The predicted octanol–water partition coefficient (Wildman–Crippen LogP) is 0.447. The van der Waals surface area contributed by atoms with Gasteiger partial charge in [0.1, 0.15) is 41.7 Å². The van der Waals surface area contributed by atoms with Gasteiger partial charge in [0.05, 0.1) is 6.61 Å². The van der Waals surface area contributed by atoms with E-state index in [1.807, 2.05) is 0 Å². The molecule has 0 amide bonds. The van der Waals surface area contributed by atoms with Gasteiger partial charge in [0.2, 0.25) is 6.29 Å². The van der Waals surface area contributed by atoms with Gasteiger partial charge < -0.3 is 40.1 Å². The molecule has 8 nitrogen and oxygen atoms in total. The standard InChI is InChI=1S/C20H22O8/c21-10-16-17(24)18(25)19(26)20(28-16)27-15-8-12(7-14(23)9-15)2-1-11-3-5-13(22)6-4-11/h1-9,16-26H,10H2/b2-1+/t16-,17-,18-,19-,20-/m1/s1. The van der Waals surface area contributed by atoms with Gasteiger partial charge in [0.15, 0.2) is 0 Å². The zero-order valence-corrected chi connectivity index (χ0v) is 14.8. The fraction of sp³-hybridized carbons (Fsp3) is 0.300. The molecule has 1 fully saturated rings. The van der Waals surface area contributed by atoms with Crippen LogP contribution in [0.1, 0.15) is 11.1 Å². The summed E-state index contributed by atoms with van der Waals surface area (Å²) in [5.41, 5.74) is 1.42. The number of hydrogen-bond donors (Lipinski definition) is 6. The largest absolute Gasteiger partial charge is 0.508 e. The van der Waals surface area contributed by atoms with Crippen LogP contribution in [0.15, 0.2) is 42.5 Å². The summed E-state index contributed by atoms with van der Waals surface area (Å²) < 4.78 is 10.8. The molecule has 0 aromatic heterocycles. The van der Waals surface area contributed by atoms with E-state index in [0.717, 1.165) is 5.56 Å². The minimum atomic E-state index is -1.55. The molecule has 0 unspecified atom stereocenters. The van der Waals surface area contributed by atoms with Gasteiger partial charge in [-0.05, 0) is 35.4 Å². The van der Waals surface area contributed by atoms with Crippen molar-refractivity contribution in [3.05, 3.63) is 53.6 Å². The van der Waals surface area contributed by atoms with Crippen LogP contribution in [0.5, 0.6) is 17.2 Å². The Bertz CT molecular complexity index is 817. The summed E-state index contributed by atoms with van der Waals surface area (Å²) in [7, 11) is 0. The molecule has 5 atom stereocenters. The first-order chi connectivity index (χ1) is 13.4. The fourth-order valence-electron chi connectivity index (χ4n) is 2.85. The van der Waals surface area contributed by atoms with Gasteiger partial charge in [-0.1, -0.05) is 24.3 Å². The Morgan fingerprint density at radius 2 is 1.50 bits per heavy atom. The highest BCUT2D eigenvalue weighted by atomic mass is 16.7. The number of phenolic OH excluding ortho intramolecular Hbond substituents is 2. The molecule has 1 aliphatic rings. The Kier molecular flexibility index (Phi) is 6.18. The molecule has 6 N–H and O–H groups in total. The van der Waals surface area contributed by atoms with Crippen LogP contribution in [0.4, 0.5) is 0 Å². The average molecular weight is 390 g/mol. The van der Waals surface area contributed by atoms with Crippen LogP contribution in [0, 0.1) is 0 Å². The number of aliphatic hydroxyl groups excluding tert-OH is 4. The van der Waals surface area contributed by atoms with Crippen molar-refractivity contribution >= 4 is 12.2 Å². The monoisotopic (exact) mass is 390 g/mol. The molecule has 0 bridgehead atoms. The van der Waals surface area contributed by atoms with Crippen LogP contribution < -0.4 is 4.74 Å². The highest BCUT2D eigenvalue weighted by Crippen LogP contribution is 2.28. The maximum Gasteiger partial charge on any atom is 0.229 e. The molecular formula is C20H22O8. The van der Waals surface area contributed by atoms with Gasteiger partial charge in [-0.25, -0.2) is 0 Å². The van der Waals surface area contributed by atoms with Crippen molar-refractivity contribution in [2.45, 2.75) is 30.7 Å². The summed E-state index contributed by atoms with van der Waals surface area (Å²) in [5, 5.41) is 58.2. The Labute approximate surface area is 161 Å². The average Bonchev–Trinajstić information content (AvgIpc) is 2.67. The summed E-state index contributed by atoms with van der Waals surface area (Å²) in [6, 6.07) is 10.9. The van der Waals surface area contributed by atoms with E-state index in [4.69, 9.17) is 9.47 Å². The zero-order chi connectivity index (χ0) is 20.3. The summed E-state index contributed by atoms with van der Waals surface area (Å²) in [6.45, 7) is -0.564. The van der Waals surface area contributed by atoms with E-state index in [9.17, 15) is 30.6 Å². The molecule has 0 radical (unpaired) electrons. The molecule has 28 heavy (non-hydrogen) atoms. The number of aromatic hydroxyl groups is 2. The van der Waals surface area contributed by atoms with E-state index in [-0.39, 0.29) is 17.2 Å². The van der Waals surface area contributed by atoms with Gasteiger partial charge in [0.25, 0.3) is 0 Å². The van der Waals surface area contributed by atoms with Crippen molar-refractivity contribution in [1.82, 2.24) is 0 Å². The molecule has 8 heteroatoms. The number of ether oxygens (including phenoxy) is 2. The van der Waals surface area contributed by atoms with Crippen molar-refractivity contribution in [2.75, 3.05) is 6.61 Å². The lowest BCUT2D eigenvalue weighted by molar-refractivity contribution is -0.277. The second-order valence-electron chi connectivity index (χ2n) is 6.50. The Hall–Kier alpha value is -2.62. The van der Waals surface area contributed by atoms with E-state index in [0.29, 0.717) is 5.56 Å². The van der Waals surface area contributed by atoms with Gasteiger partial charge >= 0.3 is 0 Å². The highest BCUT2D eigenvalue weighted by molar-refractivity contribution is 5.71. The topological polar surface area (TPSA) is 140 Å². The van der Waals surface area contributed by atoms with Crippen molar-refractivity contribution < 1.29 is 40.1 Å². The van der Waals surface area contributed by atoms with E-state index in [1.165, 1.54) is 12.1 Å². The molecule has 1 heterocycles. The fourth-order valence-corrected chi connectivity index (χ4v) is 2.85. The Morgan fingerprint density at radius 3 is 2.18 bits per heavy atom. The van der Waals surface area contributed by atoms with Crippen LogP contribution in [0.2, 0.25) is 0 Å². The minimum absolute atomic E-state index is 0.0903. The van der Waals surface area contributed by atoms with E-state index < -0.39 is 37.3 Å². The highest BCUT2D eigenvalue weighted by Gasteiger charge is 2.44. The van der Waals surface area contributed by atoms with E-state index in [2.05, 4.69) is 0 Å². The third-order valence-corrected chi connectivity index (χ3v) is 4.38. The third kappa shape index (κ3) is 4.61. The molecule has 3 rings (SSSR count). The maximum absolute atomic E-state index is 10.1. The van der Waals surface area contributed by atoms with Crippen molar-refractivity contribution in [3.63, 3.8) is 0 Å².